The van der Waals surface area contributed by atoms with Crippen molar-refractivity contribution in [3.8, 4) is 0 Å². The molecule has 0 saturated heterocycles. The third kappa shape index (κ3) is 1.01. The van der Waals surface area contributed by atoms with Gasteiger partial charge in [0.25, 0.3) is 0 Å². The van der Waals surface area contributed by atoms with Gasteiger partial charge in [-0.3, -0.25) is 0 Å². The number of fused-ring (bicyclic) bond motifs is 1. The van der Waals surface area contributed by atoms with Crippen LogP contribution in [0.25, 0.3) is 0 Å². The molecule has 1 aromatic carbocycles. The summed E-state index contributed by atoms with van der Waals surface area (Å²) >= 11 is 0. The molecule has 1 nitrogen and oxygen atoms in total. The first-order chi connectivity index (χ1) is 6.46. The fourth-order valence-electron chi connectivity index (χ4n) is 2.77. The molecule has 2 rings (SSSR count). The Kier molecular flexibility index (Phi) is 1.88. The summed E-state index contributed by atoms with van der Waals surface area (Å²) in [5.41, 5.74) is 10.1. The number of hydrogen-bond donors (Lipinski definition) is 1. The van der Waals surface area contributed by atoms with E-state index in [1.807, 2.05) is 6.07 Å². The van der Waals surface area contributed by atoms with Gasteiger partial charge in [0.1, 0.15) is 0 Å². The summed E-state index contributed by atoms with van der Waals surface area (Å²) in [5.74, 6) is 1.25. The van der Waals surface area contributed by atoms with Gasteiger partial charge >= 0.3 is 0 Å². The average molecular weight is 189 g/mol. The Labute approximate surface area is 86.3 Å². The molecule has 0 unspecified atom stereocenters. The number of rotatable bonds is 0. The number of hydrogen-bond acceptors (Lipinski definition) is 1. The van der Waals surface area contributed by atoms with Crippen LogP contribution >= 0.6 is 0 Å². The predicted molar refractivity (Wildman–Crippen MR) is 61.5 cm³/mol. The van der Waals surface area contributed by atoms with E-state index in [0.29, 0.717) is 11.8 Å². The molecular formula is C13H19N. The Hall–Kier alpha value is -0.980. The van der Waals surface area contributed by atoms with Crippen LogP contribution in [0.5, 0.6) is 0 Å². The van der Waals surface area contributed by atoms with Crippen LogP contribution in [0, 0.1) is 5.92 Å². The molecule has 76 valence electrons. The largest absolute Gasteiger partial charge is 0.398 e. The maximum Gasteiger partial charge on any atom is 0.0352 e. The van der Waals surface area contributed by atoms with Gasteiger partial charge in [-0.05, 0) is 34.4 Å². The molecule has 0 fully saturated rings. The van der Waals surface area contributed by atoms with Gasteiger partial charge in [0.2, 0.25) is 0 Å². The lowest BCUT2D eigenvalue weighted by Crippen LogP contribution is -2.22. The van der Waals surface area contributed by atoms with Crippen LogP contribution in [-0.4, -0.2) is 0 Å². The zero-order valence-corrected chi connectivity index (χ0v) is 9.46. The molecule has 0 amide bonds. The number of benzene rings is 1. The summed E-state index contributed by atoms with van der Waals surface area (Å²) in [6, 6.07) is 6.32. The van der Waals surface area contributed by atoms with E-state index in [1.54, 1.807) is 0 Å². The van der Waals surface area contributed by atoms with Crippen molar-refractivity contribution in [3.05, 3.63) is 29.3 Å². The Balaban J connectivity index is 2.68. The van der Waals surface area contributed by atoms with Gasteiger partial charge in [-0.1, -0.05) is 39.8 Å². The molecule has 0 aromatic heterocycles. The van der Waals surface area contributed by atoms with E-state index in [4.69, 9.17) is 5.73 Å². The van der Waals surface area contributed by atoms with Crippen LogP contribution in [0.4, 0.5) is 5.69 Å². The second-order valence-electron chi connectivity index (χ2n) is 5.11. The lowest BCUT2D eigenvalue weighted by Gasteiger charge is -2.26. The zero-order valence-electron chi connectivity index (χ0n) is 9.46. The molecule has 0 heterocycles. The normalized spacial score (nSPS) is 28.9. The standard InChI is InChI=1S/C13H19N/c1-8-9(2)13(3,4)10-6-5-7-11(14)12(8)10/h5-9H,14H2,1-4H3/t8-,9-/m1/s1. The molecule has 1 heteroatoms. The molecule has 0 bridgehead atoms. The van der Waals surface area contributed by atoms with Crippen LogP contribution in [0.15, 0.2) is 18.2 Å². The van der Waals surface area contributed by atoms with Crippen LogP contribution < -0.4 is 5.73 Å². The minimum atomic E-state index is 0.268. The lowest BCUT2D eigenvalue weighted by molar-refractivity contribution is 0.342. The van der Waals surface area contributed by atoms with Gasteiger partial charge in [-0.25, -0.2) is 0 Å². The maximum absolute atomic E-state index is 6.05. The SMILES string of the molecule is C[C@@H]1[C@@H](C)c2c(N)cccc2C1(C)C. The van der Waals surface area contributed by atoms with Crippen LogP contribution in [0.3, 0.4) is 0 Å². The van der Waals surface area contributed by atoms with Crippen molar-refractivity contribution < 1.29 is 0 Å². The topological polar surface area (TPSA) is 26.0 Å². The van der Waals surface area contributed by atoms with Crippen molar-refractivity contribution in [2.24, 2.45) is 5.92 Å². The smallest absolute Gasteiger partial charge is 0.0352 e. The van der Waals surface area contributed by atoms with Crippen molar-refractivity contribution in [3.63, 3.8) is 0 Å². The highest BCUT2D eigenvalue weighted by molar-refractivity contribution is 5.58. The highest BCUT2D eigenvalue weighted by Crippen LogP contribution is 2.51. The summed E-state index contributed by atoms with van der Waals surface area (Å²) in [6.07, 6.45) is 0. The Morgan fingerprint density at radius 3 is 2.43 bits per heavy atom. The summed E-state index contributed by atoms with van der Waals surface area (Å²) < 4.78 is 0. The Morgan fingerprint density at radius 1 is 1.21 bits per heavy atom. The van der Waals surface area contributed by atoms with Gasteiger partial charge in [0.15, 0.2) is 0 Å². The van der Waals surface area contributed by atoms with E-state index in [2.05, 4.69) is 39.8 Å². The first kappa shape index (κ1) is 9.57. The van der Waals surface area contributed by atoms with Crippen molar-refractivity contribution in [2.45, 2.75) is 39.0 Å². The van der Waals surface area contributed by atoms with Crippen molar-refractivity contribution >= 4 is 5.69 Å². The van der Waals surface area contributed by atoms with Gasteiger partial charge < -0.3 is 5.73 Å². The average Bonchev–Trinajstić information content (AvgIpc) is 2.30. The van der Waals surface area contributed by atoms with E-state index in [0.717, 1.165) is 5.69 Å². The summed E-state index contributed by atoms with van der Waals surface area (Å²) in [5, 5.41) is 0. The van der Waals surface area contributed by atoms with Crippen LogP contribution in [0.2, 0.25) is 0 Å². The van der Waals surface area contributed by atoms with Gasteiger partial charge in [0.05, 0.1) is 0 Å². The first-order valence-electron chi connectivity index (χ1n) is 5.35. The Bertz CT molecular complexity index is 365. The monoisotopic (exact) mass is 189 g/mol. The third-order valence-electron chi connectivity index (χ3n) is 4.18. The van der Waals surface area contributed by atoms with E-state index >= 15 is 0 Å². The molecule has 0 radical (unpaired) electrons. The molecule has 1 aromatic rings. The molecule has 2 atom stereocenters. The van der Waals surface area contributed by atoms with E-state index in [-0.39, 0.29) is 5.41 Å². The molecular weight excluding hydrogens is 170 g/mol. The van der Waals surface area contributed by atoms with Crippen molar-refractivity contribution in [2.75, 3.05) is 5.73 Å². The quantitative estimate of drug-likeness (QED) is 0.623. The van der Waals surface area contributed by atoms with E-state index in [9.17, 15) is 0 Å². The maximum atomic E-state index is 6.05. The third-order valence-corrected chi connectivity index (χ3v) is 4.18. The van der Waals surface area contributed by atoms with Crippen molar-refractivity contribution in [1.29, 1.82) is 0 Å². The molecule has 1 aliphatic rings. The number of nitrogens with two attached hydrogens (primary N) is 1. The fourth-order valence-corrected chi connectivity index (χ4v) is 2.77. The molecule has 1 aliphatic carbocycles. The number of nitrogen functional groups attached to an aromatic ring is 1. The zero-order chi connectivity index (χ0) is 10.5. The molecule has 2 N–H and O–H groups in total. The van der Waals surface area contributed by atoms with Gasteiger partial charge in [0, 0.05) is 5.69 Å². The highest BCUT2D eigenvalue weighted by Gasteiger charge is 2.42. The fraction of sp³-hybridized carbons (Fsp3) is 0.538. The molecule has 0 aliphatic heterocycles. The van der Waals surface area contributed by atoms with Crippen LogP contribution in [-0.2, 0) is 5.41 Å². The van der Waals surface area contributed by atoms with Crippen molar-refractivity contribution in [1.82, 2.24) is 0 Å². The second kappa shape index (κ2) is 2.75. The molecule has 0 saturated carbocycles. The lowest BCUT2D eigenvalue weighted by atomic mass is 9.78. The minimum Gasteiger partial charge on any atom is -0.398 e. The summed E-state index contributed by atoms with van der Waals surface area (Å²) in [7, 11) is 0. The summed E-state index contributed by atoms with van der Waals surface area (Å²) in [4.78, 5) is 0. The highest BCUT2D eigenvalue weighted by atomic mass is 14.6. The molecule has 14 heavy (non-hydrogen) atoms. The second-order valence-corrected chi connectivity index (χ2v) is 5.11. The Morgan fingerprint density at radius 2 is 1.86 bits per heavy atom. The minimum absolute atomic E-state index is 0.268. The van der Waals surface area contributed by atoms with E-state index in [1.165, 1.54) is 11.1 Å². The van der Waals surface area contributed by atoms with Gasteiger partial charge in [-0.15, -0.1) is 0 Å². The number of anilines is 1. The molecule has 0 spiro atoms. The predicted octanol–water partition coefficient (Wildman–Crippen LogP) is 3.30. The van der Waals surface area contributed by atoms with Gasteiger partial charge in [-0.2, -0.15) is 0 Å². The van der Waals surface area contributed by atoms with Crippen LogP contribution in [0.1, 0.15) is 44.7 Å². The summed E-state index contributed by atoms with van der Waals surface area (Å²) in [6.45, 7) is 9.25. The first-order valence-corrected chi connectivity index (χ1v) is 5.35. The van der Waals surface area contributed by atoms with E-state index < -0.39 is 0 Å².